The number of sulfone groups is 1. The van der Waals surface area contributed by atoms with Crippen LogP contribution in [0.5, 0.6) is 0 Å². The number of carbonyl (C=O) groups excluding carboxylic acids is 1. The highest BCUT2D eigenvalue weighted by Gasteiger charge is 2.27. The highest BCUT2D eigenvalue weighted by Crippen LogP contribution is 2.29. The third-order valence-corrected chi connectivity index (χ3v) is 6.61. The molecule has 27 heavy (non-hydrogen) atoms. The summed E-state index contributed by atoms with van der Waals surface area (Å²) in [5, 5.41) is 2.45. The van der Waals surface area contributed by atoms with Crippen molar-refractivity contribution >= 4 is 15.7 Å². The lowest BCUT2D eigenvalue weighted by atomic mass is 9.85. The predicted octanol–water partition coefficient (Wildman–Crippen LogP) is 3.17. The Balaban J connectivity index is 2.85. The molecule has 0 aromatic heterocycles. The van der Waals surface area contributed by atoms with E-state index in [1.54, 1.807) is 37.9 Å². The van der Waals surface area contributed by atoms with Gasteiger partial charge in [0.05, 0.1) is 17.8 Å². The van der Waals surface area contributed by atoms with Gasteiger partial charge in [0.2, 0.25) is 5.91 Å². The lowest BCUT2D eigenvalue weighted by molar-refractivity contribution is -0.123. The smallest absolute Gasteiger partial charge is 0.234 e. The van der Waals surface area contributed by atoms with Crippen LogP contribution in [0.15, 0.2) is 24.3 Å². The number of carbonyl (C=O) groups is 1. The SMILES string of the molecule is CC(C(C)S(C)(=O)=O)N(C)CC(=O)NC(CC(C)(C)C)c1ccc(F)cc1. The maximum atomic E-state index is 13.2. The zero-order chi connectivity index (χ0) is 21.0. The summed E-state index contributed by atoms with van der Waals surface area (Å²) in [6.07, 6.45) is 1.90. The molecule has 154 valence electrons. The van der Waals surface area contributed by atoms with Crippen LogP contribution in [0.2, 0.25) is 0 Å². The molecule has 0 bridgehead atoms. The number of hydrogen-bond acceptors (Lipinski definition) is 4. The number of likely N-dealkylation sites (N-methyl/N-ethyl adjacent to an activating group) is 1. The molecule has 0 aliphatic rings. The molecule has 0 aliphatic carbocycles. The van der Waals surface area contributed by atoms with E-state index in [9.17, 15) is 17.6 Å². The molecule has 0 heterocycles. The summed E-state index contributed by atoms with van der Waals surface area (Å²) < 4.78 is 36.7. The summed E-state index contributed by atoms with van der Waals surface area (Å²) >= 11 is 0. The fourth-order valence-corrected chi connectivity index (χ4v) is 3.81. The van der Waals surface area contributed by atoms with Gasteiger partial charge in [0, 0.05) is 12.3 Å². The largest absolute Gasteiger partial charge is 0.348 e. The van der Waals surface area contributed by atoms with E-state index in [0.717, 1.165) is 5.56 Å². The molecule has 0 aliphatic heterocycles. The molecule has 1 aromatic carbocycles. The molecular formula is C20H33FN2O3S. The van der Waals surface area contributed by atoms with Crippen molar-refractivity contribution in [2.24, 2.45) is 5.41 Å². The Morgan fingerprint density at radius 2 is 1.70 bits per heavy atom. The van der Waals surface area contributed by atoms with Gasteiger partial charge in [0.15, 0.2) is 9.84 Å². The van der Waals surface area contributed by atoms with Crippen LogP contribution in [-0.2, 0) is 14.6 Å². The highest BCUT2D eigenvalue weighted by atomic mass is 32.2. The molecule has 0 fully saturated rings. The van der Waals surface area contributed by atoms with Crippen LogP contribution in [0, 0.1) is 11.2 Å². The molecule has 3 atom stereocenters. The quantitative estimate of drug-likeness (QED) is 0.728. The molecule has 1 rings (SSSR count). The summed E-state index contributed by atoms with van der Waals surface area (Å²) in [6, 6.07) is 5.61. The number of amides is 1. The number of nitrogens with zero attached hydrogens (tertiary/aromatic N) is 1. The first-order chi connectivity index (χ1) is 12.2. The maximum Gasteiger partial charge on any atom is 0.234 e. The van der Waals surface area contributed by atoms with Gasteiger partial charge < -0.3 is 5.32 Å². The maximum absolute atomic E-state index is 13.2. The summed E-state index contributed by atoms with van der Waals surface area (Å²) in [7, 11) is -1.45. The van der Waals surface area contributed by atoms with E-state index in [-0.39, 0.29) is 35.8 Å². The Morgan fingerprint density at radius 1 is 1.19 bits per heavy atom. The van der Waals surface area contributed by atoms with Crippen LogP contribution < -0.4 is 5.32 Å². The second-order valence-electron chi connectivity index (χ2n) is 8.63. The van der Waals surface area contributed by atoms with Crippen LogP contribution in [0.1, 0.15) is 52.6 Å². The normalized spacial score (nSPS) is 16.0. The molecule has 7 heteroatoms. The van der Waals surface area contributed by atoms with Crippen molar-refractivity contribution in [3.63, 3.8) is 0 Å². The summed E-state index contributed by atoms with van der Waals surface area (Å²) in [5.74, 6) is -0.508. The Labute approximate surface area is 163 Å². The van der Waals surface area contributed by atoms with Crippen molar-refractivity contribution in [3.05, 3.63) is 35.6 Å². The van der Waals surface area contributed by atoms with Crippen molar-refractivity contribution in [1.82, 2.24) is 10.2 Å². The molecule has 0 spiro atoms. The van der Waals surface area contributed by atoms with E-state index in [0.29, 0.717) is 6.42 Å². The van der Waals surface area contributed by atoms with Crippen LogP contribution >= 0.6 is 0 Å². The number of benzene rings is 1. The van der Waals surface area contributed by atoms with Crippen LogP contribution in [0.3, 0.4) is 0 Å². The molecule has 0 radical (unpaired) electrons. The highest BCUT2D eigenvalue weighted by molar-refractivity contribution is 7.91. The first-order valence-electron chi connectivity index (χ1n) is 9.14. The van der Waals surface area contributed by atoms with E-state index in [4.69, 9.17) is 0 Å². The minimum Gasteiger partial charge on any atom is -0.348 e. The van der Waals surface area contributed by atoms with Crippen molar-refractivity contribution in [2.75, 3.05) is 19.8 Å². The molecule has 1 N–H and O–H groups in total. The van der Waals surface area contributed by atoms with E-state index < -0.39 is 15.1 Å². The van der Waals surface area contributed by atoms with Gasteiger partial charge in [-0.2, -0.15) is 0 Å². The average molecular weight is 401 g/mol. The third kappa shape index (κ3) is 7.97. The average Bonchev–Trinajstić information content (AvgIpc) is 2.51. The lowest BCUT2D eigenvalue weighted by Crippen LogP contribution is -2.46. The molecule has 0 saturated carbocycles. The van der Waals surface area contributed by atoms with E-state index in [1.165, 1.54) is 18.4 Å². The van der Waals surface area contributed by atoms with Gasteiger partial charge >= 0.3 is 0 Å². The summed E-state index contributed by atoms with van der Waals surface area (Å²) in [6.45, 7) is 9.77. The number of rotatable bonds is 8. The van der Waals surface area contributed by atoms with Gasteiger partial charge in [-0.15, -0.1) is 0 Å². The third-order valence-electron chi connectivity index (χ3n) is 4.87. The zero-order valence-electron chi connectivity index (χ0n) is 17.4. The van der Waals surface area contributed by atoms with Gasteiger partial charge in [-0.1, -0.05) is 32.9 Å². The van der Waals surface area contributed by atoms with Crippen LogP contribution in [-0.4, -0.2) is 50.4 Å². The molecule has 3 unspecified atom stereocenters. The van der Waals surface area contributed by atoms with Crippen molar-refractivity contribution in [2.45, 2.75) is 58.4 Å². The molecule has 0 saturated heterocycles. The van der Waals surface area contributed by atoms with Crippen LogP contribution in [0.4, 0.5) is 4.39 Å². The Morgan fingerprint density at radius 3 is 2.15 bits per heavy atom. The Bertz CT molecular complexity index is 727. The van der Waals surface area contributed by atoms with Crippen molar-refractivity contribution < 1.29 is 17.6 Å². The molecule has 1 amide bonds. The van der Waals surface area contributed by atoms with E-state index in [2.05, 4.69) is 26.1 Å². The fourth-order valence-electron chi connectivity index (χ4n) is 2.89. The van der Waals surface area contributed by atoms with Gasteiger partial charge in [-0.05, 0) is 50.4 Å². The monoisotopic (exact) mass is 400 g/mol. The predicted molar refractivity (Wildman–Crippen MR) is 108 cm³/mol. The zero-order valence-corrected chi connectivity index (χ0v) is 18.2. The number of nitrogens with one attached hydrogen (secondary N) is 1. The minimum absolute atomic E-state index is 0.0314. The molecule has 5 nitrogen and oxygen atoms in total. The summed E-state index contributed by atoms with van der Waals surface area (Å²) in [5.41, 5.74) is 0.816. The topological polar surface area (TPSA) is 66.5 Å². The standard InChI is InChI=1S/C20H33FN2O3S/c1-14(15(2)27(7,25)26)23(6)13-19(24)22-18(12-20(3,4)5)16-8-10-17(21)11-9-16/h8-11,14-15,18H,12-13H2,1-7H3,(H,22,24). The second kappa shape index (κ2) is 9.15. The second-order valence-corrected chi connectivity index (χ2v) is 11.0. The lowest BCUT2D eigenvalue weighted by Gasteiger charge is -2.30. The fraction of sp³-hybridized carbons (Fsp3) is 0.650. The number of halogens is 1. The van der Waals surface area contributed by atoms with E-state index in [1.807, 2.05) is 0 Å². The van der Waals surface area contributed by atoms with Gasteiger partial charge in [0.25, 0.3) is 0 Å². The van der Waals surface area contributed by atoms with Crippen molar-refractivity contribution in [1.29, 1.82) is 0 Å². The first kappa shape index (κ1) is 23.6. The van der Waals surface area contributed by atoms with Gasteiger partial charge in [-0.3, -0.25) is 9.69 Å². The van der Waals surface area contributed by atoms with E-state index >= 15 is 0 Å². The first-order valence-corrected chi connectivity index (χ1v) is 11.1. The van der Waals surface area contributed by atoms with Gasteiger partial charge in [-0.25, -0.2) is 12.8 Å². The van der Waals surface area contributed by atoms with Crippen LogP contribution in [0.25, 0.3) is 0 Å². The Kier molecular flexibility index (Phi) is 7.99. The minimum atomic E-state index is -3.19. The molecular weight excluding hydrogens is 367 g/mol. The summed E-state index contributed by atoms with van der Waals surface area (Å²) in [4.78, 5) is 14.3. The van der Waals surface area contributed by atoms with Crippen molar-refractivity contribution in [3.8, 4) is 0 Å². The van der Waals surface area contributed by atoms with Gasteiger partial charge in [0.1, 0.15) is 5.82 Å². The molecule has 1 aromatic rings. The number of hydrogen-bond donors (Lipinski definition) is 1. The Hall–Kier alpha value is -1.47.